The van der Waals surface area contributed by atoms with Crippen LogP contribution in [0, 0.1) is 10.5 Å². The summed E-state index contributed by atoms with van der Waals surface area (Å²) >= 11 is 2.35. The van der Waals surface area contributed by atoms with Crippen LogP contribution in [-0.4, -0.2) is 12.6 Å². The monoisotopic (exact) mass is 379 g/mol. The van der Waals surface area contributed by atoms with E-state index in [2.05, 4.69) is 90.3 Å². The summed E-state index contributed by atoms with van der Waals surface area (Å²) in [6.45, 7) is 5.33. The zero-order chi connectivity index (χ0) is 14.4. The molecule has 0 fully saturated rings. The zero-order valence-corrected chi connectivity index (χ0v) is 14.4. The first-order valence-corrected chi connectivity index (χ1v) is 8.28. The van der Waals surface area contributed by atoms with Gasteiger partial charge in [0.2, 0.25) is 0 Å². The number of nitrogens with one attached hydrogen (secondary N) is 1. The third-order valence-corrected chi connectivity index (χ3v) is 4.21. The lowest BCUT2D eigenvalue weighted by atomic mass is 9.98. The van der Waals surface area contributed by atoms with Crippen molar-refractivity contribution >= 4 is 22.6 Å². The summed E-state index contributed by atoms with van der Waals surface area (Å²) in [5.74, 6) is 0. The maximum Gasteiger partial charge on any atom is 0.0148 e. The third-order valence-electron chi connectivity index (χ3n) is 3.49. The first-order chi connectivity index (χ1) is 9.67. The molecular weight excluding hydrogens is 357 g/mol. The molecule has 2 rings (SSSR count). The van der Waals surface area contributed by atoms with Gasteiger partial charge in [0, 0.05) is 9.61 Å². The molecule has 2 aromatic carbocycles. The van der Waals surface area contributed by atoms with Crippen LogP contribution in [0.25, 0.3) is 0 Å². The molecule has 20 heavy (non-hydrogen) atoms. The number of rotatable bonds is 6. The molecule has 2 aromatic rings. The number of likely N-dealkylation sites (N-methyl/N-ethyl adjacent to an activating group) is 1. The molecule has 0 saturated heterocycles. The smallest absolute Gasteiger partial charge is 0.0148 e. The first-order valence-electron chi connectivity index (χ1n) is 7.20. The molecule has 0 amide bonds. The van der Waals surface area contributed by atoms with Crippen molar-refractivity contribution in [2.24, 2.45) is 0 Å². The average molecular weight is 379 g/mol. The molecule has 1 nitrogen and oxygen atoms in total. The highest BCUT2D eigenvalue weighted by Gasteiger charge is 2.09. The molecule has 1 unspecified atom stereocenters. The van der Waals surface area contributed by atoms with Gasteiger partial charge in [-0.1, -0.05) is 48.9 Å². The van der Waals surface area contributed by atoms with Crippen molar-refractivity contribution in [1.82, 2.24) is 5.32 Å². The molecule has 0 saturated carbocycles. The maximum absolute atomic E-state index is 3.61. The van der Waals surface area contributed by atoms with E-state index in [4.69, 9.17) is 0 Å². The Kier molecular flexibility index (Phi) is 6.05. The summed E-state index contributed by atoms with van der Waals surface area (Å²) in [6.07, 6.45) is 2.17. The van der Waals surface area contributed by atoms with Crippen LogP contribution in [0.3, 0.4) is 0 Å². The molecular formula is C18H22IN. The van der Waals surface area contributed by atoms with Crippen LogP contribution in [0.15, 0.2) is 48.5 Å². The van der Waals surface area contributed by atoms with E-state index in [1.54, 1.807) is 0 Å². The topological polar surface area (TPSA) is 12.0 Å². The Labute approximate surface area is 135 Å². The van der Waals surface area contributed by atoms with Crippen LogP contribution >= 0.6 is 22.6 Å². The quantitative estimate of drug-likeness (QED) is 0.736. The van der Waals surface area contributed by atoms with E-state index < -0.39 is 0 Å². The standard InChI is InChI=1S/C18H22IN/c1-3-20-18(12-15-6-4-14(2)5-7-15)13-16-8-10-17(19)11-9-16/h4-11,18,20H,3,12-13H2,1-2H3. The van der Waals surface area contributed by atoms with Crippen molar-refractivity contribution in [1.29, 1.82) is 0 Å². The van der Waals surface area contributed by atoms with Crippen LogP contribution in [0.4, 0.5) is 0 Å². The van der Waals surface area contributed by atoms with Crippen molar-refractivity contribution in [3.05, 3.63) is 68.8 Å². The number of hydrogen-bond acceptors (Lipinski definition) is 1. The van der Waals surface area contributed by atoms with Gasteiger partial charge in [0.1, 0.15) is 0 Å². The fourth-order valence-corrected chi connectivity index (χ4v) is 2.78. The lowest BCUT2D eigenvalue weighted by molar-refractivity contribution is 0.521. The molecule has 0 radical (unpaired) electrons. The molecule has 0 bridgehead atoms. The molecule has 1 N–H and O–H groups in total. The summed E-state index contributed by atoms with van der Waals surface area (Å²) in [6, 6.07) is 18.2. The van der Waals surface area contributed by atoms with Gasteiger partial charge in [-0.3, -0.25) is 0 Å². The van der Waals surface area contributed by atoms with Gasteiger partial charge in [-0.05, 0) is 72.2 Å². The van der Waals surface area contributed by atoms with E-state index in [-0.39, 0.29) is 0 Å². The zero-order valence-electron chi connectivity index (χ0n) is 12.2. The Morgan fingerprint density at radius 3 is 1.90 bits per heavy atom. The summed E-state index contributed by atoms with van der Waals surface area (Å²) in [5, 5.41) is 3.61. The van der Waals surface area contributed by atoms with Crippen molar-refractivity contribution in [3.8, 4) is 0 Å². The van der Waals surface area contributed by atoms with Crippen molar-refractivity contribution in [2.75, 3.05) is 6.54 Å². The predicted molar refractivity (Wildman–Crippen MR) is 95.2 cm³/mol. The van der Waals surface area contributed by atoms with E-state index >= 15 is 0 Å². The number of halogens is 1. The Morgan fingerprint density at radius 2 is 1.40 bits per heavy atom. The van der Waals surface area contributed by atoms with E-state index in [1.165, 1.54) is 20.3 Å². The van der Waals surface area contributed by atoms with Gasteiger partial charge >= 0.3 is 0 Å². The second-order valence-corrected chi connectivity index (χ2v) is 6.52. The molecule has 106 valence electrons. The van der Waals surface area contributed by atoms with Crippen LogP contribution in [0.2, 0.25) is 0 Å². The van der Waals surface area contributed by atoms with Gasteiger partial charge in [0.25, 0.3) is 0 Å². The first kappa shape index (κ1) is 15.5. The van der Waals surface area contributed by atoms with E-state index in [0.29, 0.717) is 6.04 Å². The minimum absolute atomic E-state index is 0.503. The largest absolute Gasteiger partial charge is 0.314 e. The summed E-state index contributed by atoms with van der Waals surface area (Å²) in [5.41, 5.74) is 4.14. The van der Waals surface area contributed by atoms with Gasteiger partial charge in [-0.2, -0.15) is 0 Å². The Morgan fingerprint density at radius 1 is 0.900 bits per heavy atom. The van der Waals surface area contributed by atoms with Gasteiger partial charge < -0.3 is 5.32 Å². The molecule has 0 heterocycles. The third kappa shape index (κ3) is 4.91. The van der Waals surface area contributed by atoms with Gasteiger partial charge in [-0.15, -0.1) is 0 Å². The highest BCUT2D eigenvalue weighted by molar-refractivity contribution is 14.1. The van der Waals surface area contributed by atoms with Gasteiger partial charge in [-0.25, -0.2) is 0 Å². The Hall–Kier alpha value is -0.870. The maximum atomic E-state index is 3.61. The number of hydrogen-bond donors (Lipinski definition) is 1. The summed E-state index contributed by atoms with van der Waals surface area (Å²) < 4.78 is 1.30. The number of aryl methyl sites for hydroxylation is 1. The van der Waals surface area contributed by atoms with E-state index in [1.807, 2.05) is 0 Å². The molecule has 2 heteroatoms. The molecule has 0 spiro atoms. The van der Waals surface area contributed by atoms with Crippen molar-refractivity contribution in [3.63, 3.8) is 0 Å². The normalized spacial score (nSPS) is 12.3. The second kappa shape index (κ2) is 7.79. The van der Waals surface area contributed by atoms with E-state index in [0.717, 1.165) is 19.4 Å². The van der Waals surface area contributed by atoms with Crippen LogP contribution in [0.1, 0.15) is 23.6 Å². The lowest BCUT2D eigenvalue weighted by Crippen LogP contribution is -2.33. The summed E-state index contributed by atoms with van der Waals surface area (Å²) in [7, 11) is 0. The van der Waals surface area contributed by atoms with Crippen LogP contribution in [-0.2, 0) is 12.8 Å². The van der Waals surface area contributed by atoms with Gasteiger partial charge in [0.05, 0.1) is 0 Å². The highest BCUT2D eigenvalue weighted by atomic mass is 127. The molecule has 1 atom stereocenters. The van der Waals surface area contributed by atoms with Gasteiger partial charge in [0.15, 0.2) is 0 Å². The SMILES string of the molecule is CCNC(Cc1ccc(C)cc1)Cc1ccc(I)cc1. The lowest BCUT2D eigenvalue weighted by Gasteiger charge is -2.18. The molecule has 0 aromatic heterocycles. The molecule has 0 aliphatic rings. The van der Waals surface area contributed by atoms with Crippen LogP contribution < -0.4 is 5.32 Å². The fourth-order valence-electron chi connectivity index (χ4n) is 2.42. The van der Waals surface area contributed by atoms with Crippen molar-refractivity contribution in [2.45, 2.75) is 32.7 Å². The van der Waals surface area contributed by atoms with Crippen LogP contribution in [0.5, 0.6) is 0 Å². The minimum Gasteiger partial charge on any atom is -0.314 e. The molecule has 0 aliphatic heterocycles. The highest BCUT2D eigenvalue weighted by Crippen LogP contribution is 2.12. The Balaban J connectivity index is 2.02. The number of benzene rings is 2. The molecule has 0 aliphatic carbocycles. The van der Waals surface area contributed by atoms with E-state index in [9.17, 15) is 0 Å². The average Bonchev–Trinajstić information content (AvgIpc) is 2.44. The second-order valence-electron chi connectivity index (χ2n) is 5.27. The predicted octanol–water partition coefficient (Wildman–Crippen LogP) is 4.36. The fraction of sp³-hybridized carbons (Fsp3) is 0.333. The van der Waals surface area contributed by atoms with Crippen molar-refractivity contribution < 1.29 is 0 Å². The minimum atomic E-state index is 0.503. The Bertz CT molecular complexity index is 469. The summed E-state index contributed by atoms with van der Waals surface area (Å²) in [4.78, 5) is 0.